The molecule has 0 aromatic heterocycles. The fourth-order valence-electron chi connectivity index (χ4n) is 9.03. The van der Waals surface area contributed by atoms with E-state index in [2.05, 4.69) is 32.9 Å². The van der Waals surface area contributed by atoms with Crippen LogP contribution in [0.25, 0.3) is 0 Å². The maximum absolute atomic E-state index is 12.8. The highest BCUT2D eigenvalue weighted by Crippen LogP contribution is 2.17. The summed E-state index contributed by atoms with van der Waals surface area (Å²) in [6.07, 6.45) is 63.7. The van der Waals surface area contributed by atoms with Gasteiger partial charge in [-0.25, -0.2) is 0 Å². The second-order valence-electron chi connectivity index (χ2n) is 20.3. The van der Waals surface area contributed by atoms with Gasteiger partial charge in [-0.15, -0.1) is 0 Å². The third-order valence-corrected chi connectivity index (χ3v) is 13.5. The van der Waals surface area contributed by atoms with Crippen molar-refractivity contribution in [2.45, 2.75) is 341 Å². The Kier molecular flexibility index (Phi) is 54.2. The third-order valence-electron chi connectivity index (χ3n) is 13.5. The zero-order chi connectivity index (χ0) is 47.9. The van der Waals surface area contributed by atoms with Crippen molar-refractivity contribution < 1.29 is 28.6 Å². The predicted octanol–water partition coefficient (Wildman–Crippen LogP) is 19.7. The summed E-state index contributed by atoms with van der Waals surface area (Å²) in [5.74, 6) is -0.848. The van der Waals surface area contributed by atoms with E-state index in [4.69, 9.17) is 14.2 Å². The highest BCUT2D eigenvalue weighted by atomic mass is 16.6. The molecule has 0 aliphatic heterocycles. The van der Waals surface area contributed by atoms with E-state index in [1.54, 1.807) is 0 Å². The van der Waals surface area contributed by atoms with Gasteiger partial charge in [-0.3, -0.25) is 14.4 Å². The summed E-state index contributed by atoms with van der Waals surface area (Å²) in [7, 11) is 0. The van der Waals surface area contributed by atoms with E-state index in [1.807, 2.05) is 0 Å². The summed E-state index contributed by atoms with van der Waals surface area (Å²) in [4.78, 5) is 38.0. The van der Waals surface area contributed by atoms with Crippen LogP contribution in [0.1, 0.15) is 335 Å². The molecule has 6 heteroatoms. The van der Waals surface area contributed by atoms with E-state index in [0.717, 1.165) is 57.8 Å². The monoisotopic (exact) mass is 931 g/mol. The zero-order valence-electron chi connectivity index (χ0n) is 44.7. The van der Waals surface area contributed by atoms with Crippen LogP contribution >= 0.6 is 0 Å². The lowest BCUT2D eigenvalue weighted by Crippen LogP contribution is -2.30. The average Bonchev–Trinajstić information content (AvgIpc) is 3.31. The summed E-state index contributed by atoms with van der Waals surface area (Å²) in [6, 6.07) is 0. The number of rotatable bonds is 55. The predicted molar refractivity (Wildman–Crippen MR) is 284 cm³/mol. The maximum Gasteiger partial charge on any atom is 0.306 e. The number of carbonyl (C=O) groups is 3. The molecule has 0 aromatic rings. The lowest BCUT2D eigenvalue weighted by Gasteiger charge is -2.18. The van der Waals surface area contributed by atoms with Gasteiger partial charge in [-0.1, -0.05) is 283 Å². The molecule has 0 bridgehead atoms. The van der Waals surface area contributed by atoms with E-state index >= 15 is 0 Å². The van der Waals surface area contributed by atoms with Crippen molar-refractivity contribution in [1.82, 2.24) is 0 Å². The molecule has 0 saturated heterocycles. The Morgan fingerprint density at radius 1 is 0.288 bits per heavy atom. The molecule has 0 aromatic carbocycles. The van der Waals surface area contributed by atoms with Gasteiger partial charge < -0.3 is 14.2 Å². The number of hydrogen-bond acceptors (Lipinski definition) is 6. The van der Waals surface area contributed by atoms with Crippen molar-refractivity contribution in [2.24, 2.45) is 0 Å². The quantitative estimate of drug-likeness (QED) is 0.0262. The van der Waals surface area contributed by atoms with Crippen molar-refractivity contribution >= 4 is 17.9 Å². The van der Waals surface area contributed by atoms with Gasteiger partial charge in [0.2, 0.25) is 0 Å². The Hall–Kier alpha value is -1.85. The molecule has 0 rings (SSSR count). The highest BCUT2D eigenvalue weighted by molar-refractivity contribution is 5.71. The van der Waals surface area contributed by atoms with Crippen LogP contribution in [-0.4, -0.2) is 37.2 Å². The van der Waals surface area contributed by atoms with Crippen LogP contribution in [-0.2, 0) is 28.6 Å². The summed E-state index contributed by atoms with van der Waals surface area (Å²) in [5, 5.41) is 0. The van der Waals surface area contributed by atoms with Crippen molar-refractivity contribution in [3.05, 3.63) is 12.2 Å². The lowest BCUT2D eigenvalue weighted by atomic mass is 10.0. The first-order valence-corrected chi connectivity index (χ1v) is 29.7. The molecular weight excluding hydrogens is 817 g/mol. The van der Waals surface area contributed by atoms with Crippen LogP contribution in [0.15, 0.2) is 12.2 Å². The highest BCUT2D eigenvalue weighted by Gasteiger charge is 2.19. The van der Waals surface area contributed by atoms with Gasteiger partial charge in [0.15, 0.2) is 6.10 Å². The van der Waals surface area contributed by atoms with E-state index in [9.17, 15) is 14.4 Å². The van der Waals surface area contributed by atoms with Crippen molar-refractivity contribution in [3.63, 3.8) is 0 Å². The van der Waals surface area contributed by atoms with Gasteiger partial charge in [0.25, 0.3) is 0 Å². The smallest absolute Gasteiger partial charge is 0.306 e. The summed E-state index contributed by atoms with van der Waals surface area (Å²) in [5.41, 5.74) is 0. The second kappa shape index (κ2) is 55.7. The minimum atomic E-state index is -0.764. The number of unbranched alkanes of at least 4 members (excludes halogenated alkanes) is 42. The van der Waals surface area contributed by atoms with Crippen LogP contribution in [0.4, 0.5) is 0 Å². The van der Waals surface area contributed by atoms with Gasteiger partial charge in [-0.2, -0.15) is 0 Å². The molecule has 0 amide bonds. The Balaban J connectivity index is 4.16. The fraction of sp³-hybridized carbons (Fsp3) is 0.917. The largest absolute Gasteiger partial charge is 0.462 e. The van der Waals surface area contributed by atoms with Crippen molar-refractivity contribution in [3.8, 4) is 0 Å². The molecule has 0 N–H and O–H groups in total. The molecule has 0 fully saturated rings. The first-order valence-electron chi connectivity index (χ1n) is 29.7. The zero-order valence-corrected chi connectivity index (χ0v) is 44.7. The van der Waals surface area contributed by atoms with Crippen molar-refractivity contribution in [2.75, 3.05) is 13.2 Å². The summed E-state index contributed by atoms with van der Waals surface area (Å²) >= 11 is 0. The van der Waals surface area contributed by atoms with Gasteiger partial charge >= 0.3 is 17.9 Å². The van der Waals surface area contributed by atoms with E-state index in [0.29, 0.717) is 19.3 Å². The third kappa shape index (κ3) is 53.1. The van der Waals surface area contributed by atoms with Gasteiger partial charge in [-0.05, 0) is 44.9 Å². The first kappa shape index (κ1) is 64.2. The van der Waals surface area contributed by atoms with Crippen LogP contribution in [0.5, 0.6) is 0 Å². The molecule has 66 heavy (non-hydrogen) atoms. The minimum Gasteiger partial charge on any atom is -0.462 e. The van der Waals surface area contributed by atoms with Crippen LogP contribution in [0, 0.1) is 0 Å². The fourth-order valence-corrected chi connectivity index (χ4v) is 9.03. The lowest BCUT2D eigenvalue weighted by molar-refractivity contribution is -0.167. The van der Waals surface area contributed by atoms with Gasteiger partial charge in [0.1, 0.15) is 13.2 Å². The summed E-state index contributed by atoms with van der Waals surface area (Å²) in [6.45, 7) is 6.66. The molecule has 390 valence electrons. The molecule has 0 heterocycles. The Morgan fingerprint density at radius 2 is 0.500 bits per heavy atom. The molecule has 0 radical (unpaired) electrons. The Morgan fingerprint density at radius 3 is 0.758 bits per heavy atom. The van der Waals surface area contributed by atoms with E-state index < -0.39 is 6.10 Å². The topological polar surface area (TPSA) is 78.9 Å². The second-order valence-corrected chi connectivity index (χ2v) is 20.3. The summed E-state index contributed by atoms with van der Waals surface area (Å²) < 4.78 is 16.8. The first-order chi connectivity index (χ1) is 32.5. The molecule has 1 unspecified atom stereocenters. The average molecular weight is 932 g/mol. The number of carbonyl (C=O) groups excluding carboxylic acids is 3. The molecule has 0 aliphatic rings. The maximum atomic E-state index is 12.8. The molecule has 0 saturated carbocycles. The van der Waals surface area contributed by atoms with Gasteiger partial charge in [0.05, 0.1) is 0 Å². The van der Waals surface area contributed by atoms with Crippen LogP contribution in [0.2, 0.25) is 0 Å². The van der Waals surface area contributed by atoms with Crippen LogP contribution in [0.3, 0.4) is 0 Å². The minimum absolute atomic E-state index is 0.0651. The van der Waals surface area contributed by atoms with Crippen molar-refractivity contribution in [1.29, 1.82) is 0 Å². The van der Waals surface area contributed by atoms with Gasteiger partial charge in [0, 0.05) is 19.3 Å². The molecule has 0 aliphatic carbocycles. The molecule has 0 spiro atoms. The number of esters is 3. The normalized spacial score (nSPS) is 12.0. The number of hydrogen-bond donors (Lipinski definition) is 0. The molecule has 1 atom stereocenters. The van der Waals surface area contributed by atoms with E-state index in [1.165, 1.54) is 238 Å². The molecule has 6 nitrogen and oxygen atoms in total. The number of ether oxygens (including phenoxy) is 3. The Labute approximate surface area is 411 Å². The Bertz CT molecular complexity index is 1020. The van der Waals surface area contributed by atoms with Crippen LogP contribution < -0.4 is 0 Å². The van der Waals surface area contributed by atoms with E-state index in [-0.39, 0.29) is 31.1 Å². The SMILES string of the molecule is CCCCCCCC/C=C\CCCCCCCCCCCC(=O)OC(COC(=O)CCCCCCCCCC)COC(=O)CCCCCCCCCCCCCCCCCCCCCCC. The molecular formula is C60H114O6. The standard InChI is InChI=1S/C60H114O6/c1-4-7-10-13-16-19-21-23-25-27-29-30-32-33-35-37-39-41-44-47-50-53-59(62)65-56-57(55-64-58(61)52-49-46-43-18-15-12-9-6-3)66-60(63)54-51-48-45-42-40-38-36-34-31-28-26-24-22-20-17-14-11-8-5-2/h24,26,57H,4-23,25,27-56H2,1-3H3/b26-24-. The number of allylic oxidation sites excluding steroid dienone is 2.